The monoisotopic (exact) mass is 433 g/mol. The van der Waals surface area contributed by atoms with Crippen molar-refractivity contribution < 1.29 is 9.59 Å². The fourth-order valence-electron chi connectivity index (χ4n) is 4.32. The molecule has 4 rings (SSSR count). The van der Waals surface area contributed by atoms with Crippen molar-refractivity contribution in [2.75, 3.05) is 30.9 Å². The van der Waals surface area contributed by atoms with Crippen molar-refractivity contribution in [1.29, 1.82) is 0 Å². The van der Waals surface area contributed by atoms with Crippen LogP contribution in [0, 0.1) is 11.8 Å². The molecule has 2 saturated carbocycles. The zero-order valence-corrected chi connectivity index (χ0v) is 19.5. The molecule has 2 aromatic rings. The Balaban J connectivity index is 1.59. The summed E-state index contributed by atoms with van der Waals surface area (Å²) in [6, 6.07) is 16.2. The average molecular weight is 434 g/mol. The van der Waals surface area contributed by atoms with Gasteiger partial charge in [-0.3, -0.25) is 9.59 Å². The highest BCUT2D eigenvalue weighted by Gasteiger charge is 2.32. The average Bonchev–Trinajstić information content (AvgIpc) is 3.69. The lowest BCUT2D eigenvalue weighted by Gasteiger charge is -2.29. The third kappa shape index (κ3) is 5.50. The molecule has 170 valence electrons. The van der Waals surface area contributed by atoms with Crippen LogP contribution < -0.4 is 10.2 Å². The molecule has 2 aromatic carbocycles. The SMILES string of the molecule is CC[C@@H](C(=O)N(Cc1cc(NC(=O)C2CC2)ccc1N(C)C)CC1CC1)c1ccccc1. The summed E-state index contributed by atoms with van der Waals surface area (Å²) in [5, 5.41) is 3.06. The summed E-state index contributed by atoms with van der Waals surface area (Å²) < 4.78 is 0. The number of hydrogen-bond acceptors (Lipinski definition) is 3. The van der Waals surface area contributed by atoms with Gasteiger partial charge in [-0.25, -0.2) is 0 Å². The molecule has 0 aliphatic heterocycles. The first-order chi connectivity index (χ1) is 15.5. The Morgan fingerprint density at radius 2 is 1.75 bits per heavy atom. The van der Waals surface area contributed by atoms with Gasteiger partial charge in [0.05, 0.1) is 5.92 Å². The van der Waals surface area contributed by atoms with Gasteiger partial charge in [-0.2, -0.15) is 0 Å². The molecule has 5 nitrogen and oxygen atoms in total. The number of hydrogen-bond donors (Lipinski definition) is 1. The first kappa shape index (κ1) is 22.4. The zero-order valence-electron chi connectivity index (χ0n) is 19.5. The van der Waals surface area contributed by atoms with Crippen LogP contribution in [0.4, 0.5) is 11.4 Å². The van der Waals surface area contributed by atoms with Crippen molar-refractivity contribution >= 4 is 23.2 Å². The summed E-state index contributed by atoms with van der Waals surface area (Å²) in [7, 11) is 4.04. The number of rotatable bonds is 10. The van der Waals surface area contributed by atoms with Gasteiger partial charge in [0, 0.05) is 44.5 Å². The van der Waals surface area contributed by atoms with Gasteiger partial charge in [0.25, 0.3) is 0 Å². The largest absolute Gasteiger partial charge is 0.377 e. The van der Waals surface area contributed by atoms with Gasteiger partial charge in [0.1, 0.15) is 0 Å². The van der Waals surface area contributed by atoms with Crippen LogP contribution in [0.3, 0.4) is 0 Å². The smallest absolute Gasteiger partial charge is 0.230 e. The van der Waals surface area contributed by atoms with Gasteiger partial charge in [0.15, 0.2) is 0 Å². The van der Waals surface area contributed by atoms with E-state index in [0.717, 1.165) is 48.3 Å². The molecule has 2 aliphatic carbocycles. The molecule has 2 fully saturated rings. The molecule has 0 spiro atoms. The van der Waals surface area contributed by atoms with Crippen LogP contribution in [0.1, 0.15) is 56.1 Å². The highest BCUT2D eigenvalue weighted by atomic mass is 16.2. The van der Waals surface area contributed by atoms with Crippen LogP contribution >= 0.6 is 0 Å². The number of anilines is 2. The predicted molar refractivity (Wildman–Crippen MR) is 130 cm³/mol. The molecule has 0 unspecified atom stereocenters. The standard InChI is InChI=1S/C27H35N3O2/c1-4-24(20-8-6-5-7-9-20)27(32)30(17-19-10-11-19)18-22-16-23(14-15-25(22)29(2)3)28-26(31)21-12-13-21/h5-9,14-16,19,21,24H,4,10-13,17-18H2,1-3H3,(H,28,31)/t24-/m1/s1. The van der Waals surface area contributed by atoms with Crippen LogP contribution in [0.25, 0.3) is 0 Å². The third-order valence-electron chi connectivity index (χ3n) is 6.53. The van der Waals surface area contributed by atoms with E-state index in [0.29, 0.717) is 12.5 Å². The highest BCUT2D eigenvalue weighted by Crippen LogP contribution is 2.34. The maximum atomic E-state index is 13.7. The molecule has 2 amide bonds. The van der Waals surface area contributed by atoms with Crippen LogP contribution in [0.5, 0.6) is 0 Å². The Labute approximate surface area is 191 Å². The van der Waals surface area contributed by atoms with E-state index in [1.54, 1.807) is 0 Å². The van der Waals surface area contributed by atoms with E-state index in [1.165, 1.54) is 12.8 Å². The van der Waals surface area contributed by atoms with Crippen molar-refractivity contribution in [2.24, 2.45) is 11.8 Å². The van der Waals surface area contributed by atoms with Crippen LogP contribution in [0.2, 0.25) is 0 Å². The Bertz CT molecular complexity index is 949. The minimum absolute atomic E-state index is 0.106. The number of nitrogens with zero attached hydrogens (tertiary/aromatic N) is 2. The van der Waals surface area contributed by atoms with Gasteiger partial charge < -0.3 is 15.1 Å². The molecular formula is C27H35N3O2. The number of carbonyl (C=O) groups excluding carboxylic acids is 2. The molecule has 1 N–H and O–H groups in total. The zero-order chi connectivity index (χ0) is 22.7. The summed E-state index contributed by atoms with van der Waals surface area (Å²) in [5.41, 5.74) is 4.05. The second-order valence-corrected chi connectivity index (χ2v) is 9.54. The van der Waals surface area contributed by atoms with Crippen LogP contribution in [-0.4, -0.2) is 37.4 Å². The second kappa shape index (κ2) is 9.76. The van der Waals surface area contributed by atoms with Crippen LogP contribution in [0.15, 0.2) is 48.5 Å². The summed E-state index contributed by atoms with van der Waals surface area (Å²) in [6.07, 6.45) is 5.14. The molecule has 0 radical (unpaired) electrons. The first-order valence-electron chi connectivity index (χ1n) is 11.9. The third-order valence-corrected chi connectivity index (χ3v) is 6.53. The van der Waals surface area contributed by atoms with Gasteiger partial charge in [-0.15, -0.1) is 0 Å². The molecule has 0 heterocycles. The lowest BCUT2D eigenvalue weighted by molar-refractivity contribution is -0.133. The van der Waals surface area contributed by atoms with E-state index in [4.69, 9.17) is 0 Å². The highest BCUT2D eigenvalue weighted by molar-refractivity contribution is 5.94. The van der Waals surface area contributed by atoms with Gasteiger partial charge in [0.2, 0.25) is 11.8 Å². The van der Waals surface area contributed by atoms with Crippen molar-refractivity contribution in [1.82, 2.24) is 4.90 Å². The van der Waals surface area contributed by atoms with E-state index >= 15 is 0 Å². The van der Waals surface area contributed by atoms with Crippen molar-refractivity contribution in [3.05, 3.63) is 59.7 Å². The maximum Gasteiger partial charge on any atom is 0.230 e. The molecule has 32 heavy (non-hydrogen) atoms. The van der Waals surface area contributed by atoms with E-state index in [1.807, 2.05) is 55.4 Å². The van der Waals surface area contributed by atoms with E-state index in [9.17, 15) is 9.59 Å². The van der Waals surface area contributed by atoms with Gasteiger partial charge >= 0.3 is 0 Å². The summed E-state index contributed by atoms with van der Waals surface area (Å²) in [5.74, 6) is 0.941. The predicted octanol–water partition coefficient (Wildman–Crippen LogP) is 5.03. The van der Waals surface area contributed by atoms with Crippen LogP contribution in [-0.2, 0) is 16.1 Å². The molecule has 0 saturated heterocycles. The molecule has 1 atom stereocenters. The number of benzene rings is 2. The van der Waals surface area contributed by atoms with Crippen molar-refractivity contribution in [2.45, 2.75) is 51.5 Å². The molecular weight excluding hydrogens is 398 g/mol. The fourth-order valence-corrected chi connectivity index (χ4v) is 4.32. The van der Waals surface area contributed by atoms with E-state index < -0.39 is 0 Å². The minimum atomic E-state index is -0.129. The summed E-state index contributed by atoms with van der Waals surface area (Å²) >= 11 is 0. The fraction of sp³-hybridized carbons (Fsp3) is 0.481. The Morgan fingerprint density at radius 3 is 2.34 bits per heavy atom. The topological polar surface area (TPSA) is 52.7 Å². The number of carbonyl (C=O) groups is 2. The van der Waals surface area contributed by atoms with Gasteiger partial charge in [-0.05, 0) is 67.3 Å². The summed E-state index contributed by atoms with van der Waals surface area (Å²) in [6.45, 7) is 3.44. The normalized spacial score (nSPS) is 16.3. The second-order valence-electron chi connectivity index (χ2n) is 9.54. The molecule has 2 aliphatic rings. The maximum absolute atomic E-state index is 13.7. The Kier molecular flexibility index (Phi) is 6.83. The van der Waals surface area contributed by atoms with E-state index in [2.05, 4.69) is 29.3 Å². The summed E-state index contributed by atoms with van der Waals surface area (Å²) in [4.78, 5) is 30.1. The quantitative estimate of drug-likeness (QED) is 0.571. The first-order valence-corrected chi connectivity index (χ1v) is 11.9. The lowest BCUT2D eigenvalue weighted by atomic mass is 9.94. The molecule has 0 bridgehead atoms. The lowest BCUT2D eigenvalue weighted by Crippen LogP contribution is -2.36. The number of nitrogens with one attached hydrogen (secondary N) is 1. The molecule has 0 aromatic heterocycles. The molecule has 5 heteroatoms. The Morgan fingerprint density at radius 1 is 1.03 bits per heavy atom. The number of amides is 2. The Hall–Kier alpha value is -2.82. The van der Waals surface area contributed by atoms with Crippen molar-refractivity contribution in [3.8, 4) is 0 Å². The van der Waals surface area contributed by atoms with Gasteiger partial charge in [-0.1, -0.05) is 37.3 Å². The minimum Gasteiger partial charge on any atom is -0.377 e. The van der Waals surface area contributed by atoms with E-state index in [-0.39, 0.29) is 23.7 Å². The van der Waals surface area contributed by atoms with Crippen molar-refractivity contribution in [3.63, 3.8) is 0 Å².